The van der Waals surface area contributed by atoms with Crippen LogP contribution in [0.2, 0.25) is 0 Å². The summed E-state index contributed by atoms with van der Waals surface area (Å²) in [5, 5.41) is 5.24. The van der Waals surface area contributed by atoms with Crippen molar-refractivity contribution in [2.75, 3.05) is 13.2 Å². The topological polar surface area (TPSA) is 120 Å². The van der Waals surface area contributed by atoms with Crippen molar-refractivity contribution in [1.29, 1.82) is 0 Å². The zero-order chi connectivity index (χ0) is 23.4. The summed E-state index contributed by atoms with van der Waals surface area (Å²) in [6.45, 7) is 9.31. The monoisotopic (exact) mass is 436 g/mol. The second-order valence-electron chi connectivity index (χ2n) is 7.67. The van der Waals surface area contributed by atoms with E-state index in [2.05, 4.69) is 10.6 Å². The summed E-state index contributed by atoms with van der Waals surface area (Å²) in [7, 11) is 0. The minimum Gasteiger partial charge on any atom is -0.466 e. The van der Waals surface area contributed by atoms with E-state index in [1.165, 1.54) is 0 Å². The van der Waals surface area contributed by atoms with Crippen molar-refractivity contribution in [3.05, 3.63) is 35.4 Å². The highest BCUT2D eigenvalue weighted by molar-refractivity contribution is 5.96. The Kier molecular flexibility index (Phi) is 10.5. The Morgan fingerprint density at radius 2 is 1.58 bits per heavy atom. The fraction of sp³-hybridized carbons (Fsp3) is 0.545. The molecule has 172 valence electrons. The summed E-state index contributed by atoms with van der Waals surface area (Å²) in [6.07, 6.45) is -0.484. The molecule has 0 saturated carbocycles. The molecule has 0 bridgehead atoms. The van der Waals surface area contributed by atoms with Gasteiger partial charge in [0.2, 0.25) is 0 Å². The minimum atomic E-state index is -0.967. The van der Waals surface area contributed by atoms with Crippen LogP contribution in [0.3, 0.4) is 0 Å². The Bertz CT molecular complexity index is 754. The number of hydrogen-bond acceptors (Lipinski definition) is 7. The van der Waals surface area contributed by atoms with Gasteiger partial charge in [0.1, 0.15) is 11.6 Å². The molecule has 0 aliphatic rings. The first-order valence-electron chi connectivity index (χ1n) is 10.2. The molecule has 2 N–H and O–H groups in total. The van der Waals surface area contributed by atoms with Crippen molar-refractivity contribution in [2.24, 2.45) is 0 Å². The van der Waals surface area contributed by atoms with Crippen molar-refractivity contribution in [3.63, 3.8) is 0 Å². The molecule has 0 fully saturated rings. The summed E-state index contributed by atoms with van der Waals surface area (Å²) < 4.78 is 15.0. The lowest BCUT2D eigenvalue weighted by Gasteiger charge is -2.19. The molecule has 0 aliphatic heterocycles. The molecule has 1 aromatic rings. The molecule has 9 nitrogen and oxygen atoms in total. The largest absolute Gasteiger partial charge is 0.466 e. The molecule has 0 aromatic heterocycles. The predicted molar refractivity (Wildman–Crippen MR) is 113 cm³/mol. The van der Waals surface area contributed by atoms with Crippen molar-refractivity contribution in [1.82, 2.24) is 10.6 Å². The predicted octanol–water partition coefficient (Wildman–Crippen LogP) is 2.72. The van der Waals surface area contributed by atoms with Gasteiger partial charge in [-0.3, -0.25) is 9.59 Å². The van der Waals surface area contributed by atoms with E-state index >= 15 is 0 Å². The molecule has 9 heteroatoms. The number of nitrogens with one attached hydrogen (secondary N) is 2. The van der Waals surface area contributed by atoms with E-state index < -0.39 is 35.6 Å². The molecule has 31 heavy (non-hydrogen) atoms. The van der Waals surface area contributed by atoms with Gasteiger partial charge in [-0.2, -0.15) is 0 Å². The van der Waals surface area contributed by atoms with E-state index in [0.717, 1.165) is 5.56 Å². The van der Waals surface area contributed by atoms with E-state index in [-0.39, 0.29) is 32.6 Å². The number of amides is 2. The number of benzene rings is 1. The van der Waals surface area contributed by atoms with Crippen LogP contribution in [0.25, 0.3) is 0 Å². The second kappa shape index (κ2) is 12.6. The van der Waals surface area contributed by atoms with Gasteiger partial charge in [0.05, 0.1) is 13.2 Å². The number of ether oxygens (including phenoxy) is 3. The Balaban J connectivity index is 2.68. The molecule has 0 aliphatic carbocycles. The van der Waals surface area contributed by atoms with Gasteiger partial charge < -0.3 is 24.8 Å². The Hall–Kier alpha value is -3.10. The van der Waals surface area contributed by atoms with Gasteiger partial charge in [0, 0.05) is 18.5 Å². The second-order valence-corrected chi connectivity index (χ2v) is 7.67. The maximum absolute atomic E-state index is 12.5. The van der Waals surface area contributed by atoms with Crippen LogP contribution in [0.15, 0.2) is 24.3 Å². The highest BCUT2D eigenvalue weighted by Crippen LogP contribution is 2.09. The van der Waals surface area contributed by atoms with Crippen LogP contribution >= 0.6 is 0 Å². The summed E-state index contributed by atoms with van der Waals surface area (Å²) in [4.78, 5) is 48.0. The molecule has 0 heterocycles. The average Bonchev–Trinajstić information content (AvgIpc) is 2.69. The first-order chi connectivity index (χ1) is 14.6. The van der Waals surface area contributed by atoms with Crippen LogP contribution in [0.5, 0.6) is 0 Å². The quantitative estimate of drug-likeness (QED) is 0.427. The van der Waals surface area contributed by atoms with Crippen molar-refractivity contribution in [3.8, 4) is 0 Å². The Morgan fingerprint density at radius 1 is 0.968 bits per heavy atom. The van der Waals surface area contributed by atoms with Gasteiger partial charge in [0.15, 0.2) is 0 Å². The number of carbonyl (C=O) groups excluding carboxylic acids is 4. The van der Waals surface area contributed by atoms with Crippen LogP contribution in [-0.4, -0.2) is 48.8 Å². The summed E-state index contributed by atoms with van der Waals surface area (Å²) >= 11 is 0. The number of alkyl carbamates (subject to hydrolysis) is 1. The number of esters is 2. The molecule has 0 radical (unpaired) electrons. The number of carbonyl (C=O) groups is 4. The standard InChI is InChI=1S/C22H32N2O7/c1-6-29-18(25)13-12-17(20(27)30-7-2)24-19(26)16-10-8-15(9-11-16)14-23-21(28)31-22(3,4)5/h8-11,17H,6-7,12-14H2,1-5H3,(H,23,28)(H,24,26)/t17-/m0/s1. The van der Waals surface area contributed by atoms with Gasteiger partial charge in [-0.25, -0.2) is 9.59 Å². The lowest BCUT2D eigenvalue weighted by molar-refractivity contribution is -0.146. The highest BCUT2D eigenvalue weighted by Gasteiger charge is 2.24. The molecule has 1 atom stereocenters. The van der Waals surface area contributed by atoms with Gasteiger partial charge >= 0.3 is 18.0 Å². The molecular formula is C22H32N2O7. The zero-order valence-corrected chi connectivity index (χ0v) is 18.8. The van der Waals surface area contributed by atoms with E-state index in [9.17, 15) is 19.2 Å². The van der Waals surface area contributed by atoms with Crippen LogP contribution in [0, 0.1) is 0 Å². The first kappa shape index (κ1) is 25.9. The van der Waals surface area contributed by atoms with E-state index in [0.29, 0.717) is 5.56 Å². The van der Waals surface area contributed by atoms with Crippen LogP contribution < -0.4 is 10.6 Å². The zero-order valence-electron chi connectivity index (χ0n) is 18.8. The van der Waals surface area contributed by atoms with Gasteiger partial charge in [-0.1, -0.05) is 12.1 Å². The van der Waals surface area contributed by atoms with E-state index in [4.69, 9.17) is 14.2 Å². The maximum Gasteiger partial charge on any atom is 0.407 e. The van der Waals surface area contributed by atoms with Gasteiger partial charge in [-0.05, 0) is 58.7 Å². The first-order valence-corrected chi connectivity index (χ1v) is 10.2. The van der Waals surface area contributed by atoms with Gasteiger partial charge in [-0.15, -0.1) is 0 Å². The summed E-state index contributed by atoms with van der Waals surface area (Å²) in [5.74, 6) is -1.54. The molecule has 1 aromatic carbocycles. The molecule has 0 unspecified atom stereocenters. The smallest absolute Gasteiger partial charge is 0.407 e. The fourth-order valence-electron chi connectivity index (χ4n) is 2.49. The third-order valence-corrected chi connectivity index (χ3v) is 3.87. The molecule has 0 saturated heterocycles. The third-order valence-electron chi connectivity index (χ3n) is 3.87. The molecule has 0 spiro atoms. The van der Waals surface area contributed by atoms with E-state index in [1.807, 2.05) is 0 Å². The van der Waals surface area contributed by atoms with Gasteiger partial charge in [0.25, 0.3) is 5.91 Å². The van der Waals surface area contributed by atoms with E-state index in [1.54, 1.807) is 58.9 Å². The highest BCUT2D eigenvalue weighted by atomic mass is 16.6. The number of hydrogen-bond donors (Lipinski definition) is 2. The summed E-state index contributed by atoms with van der Waals surface area (Å²) in [6, 6.07) is 5.56. The van der Waals surface area contributed by atoms with Crippen LogP contribution in [0.4, 0.5) is 4.79 Å². The average molecular weight is 437 g/mol. The summed E-state index contributed by atoms with van der Waals surface area (Å²) in [5.41, 5.74) is 0.507. The van der Waals surface area contributed by atoms with Crippen molar-refractivity contribution >= 4 is 23.9 Å². The molecule has 1 rings (SSSR count). The lowest BCUT2D eigenvalue weighted by Crippen LogP contribution is -2.42. The third kappa shape index (κ3) is 10.5. The number of rotatable bonds is 10. The SMILES string of the molecule is CCOC(=O)CC[C@H](NC(=O)c1ccc(CNC(=O)OC(C)(C)C)cc1)C(=O)OCC. The fourth-order valence-corrected chi connectivity index (χ4v) is 2.49. The normalized spacial score (nSPS) is 11.8. The van der Waals surface area contributed by atoms with Crippen LogP contribution in [0.1, 0.15) is 63.4 Å². The Labute approximate surface area is 182 Å². The maximum atomic E-state index is 12.5. The minimum absolute atomic E-state index is 0.0210. The van der Waals surface area contributed by atoms with Crippen LogP contribution in [-0.2, 0) is 30.3 Å². The Morgan fingerprint density at radius 3 is 2.13 bits per heavy atom. The lowest BCUT2D eigenvalue weighted by atomic mass is 10.1. The molecular weight excluding hydrogens is 404 g/mol. The van der Waals surface area contributed by atoms with Crippen molar-refractivity contribution in [2.45, 2.75) is 65.6 Å². The van der Waals surface area contributed by atoms with Crippen molar-refractivity contribution < 1.29 is 33.4 Å². The molecule has 2 amide bonds.